The van der Waals surface area contributed by atoms with Crippen molar-refractivity contribution in [1.82, 2.24) is 19.8 Å². The molecule has 1 fully saturated rings. The van der Waals surface area contributed by atoms with E-state index in [1.54, 1.807) is 32.4 Å². The van der Waals surface area contributed by atoms with Gasteiger partial charge in [-0.3, -0.25) is 9.59 Å². The second-order valence-electron chi connectivity index (χ2n) is 10.5. The molecular weight excluding hydrogens is 516 g/mol. The Morgan fingerprint density at radius 1 is 0.927 bits per heavy atom. The summed E-state index contributed by atoms with van der Waals surface area (Å²) in [6.07, 6.45) is 6.11. The Morgan fingerprint density at radius 3 is 2.41 bits per heavy atom. The molecule has 41 heavy (non-hydrogen) atoms. The summed E-state index contributed by atoms with van der Waals surface area (Å²) in [5.74, 6) is 1.72. The van der Waals surface area contributed by atoms with E-state index in [4.69, 9.17) is 14.5 Å². The molecule has 0 atom stereocenters. The van der Waals surface area contributed by atoms with Crippen molar-refractivity contribution < 1.29 is 19.1 Å². The van der Waals surface area contributed by atoms with E-state index in [0.717, 1.165) is 48.1 Å². The molecule has 0 unspecified atom stereocenters. The summed E-state index contributed by atoms with van der Waals surface area (Å²) in [4.78, 5) is 33.8. The molecule has 8 heteroatoms. The Bertz CT molecular complexity index is 1480. The first-order valence-corrected chi connectivity index (χ1v) is 14.3. The zero-order valence-corrected chi connectivity index (χ0v) is 23.8. The molecule has 0 saturated heterocycles. The van der Waals surface area contributed by atoms with Gasteiger partial charge in [-0.15, -0.1) is 0 Å². The number of carbonyl (C=O) groups excluding carboxylic acids is 2. The smallest absolute Gasteiger partial charge is 0.251 e. The fourth-order valence-electron chi connectivity index (χ4n) is 5.68. The van der Waals surface area contributed by atoms with E-state index in [0.29, 0.717) is 36.6 Å². The molecule has 0 aliphatic heterocycles. The lowest BCUT2D eigenvalue weighted by molar-refractivity contribution is -0.135. The minimum atomic E-state index is -0.212. The molecule has 1 N–H and O–H groups in total. The average molecular weight is 555 g/mol. The molecule has 8 nitrogen and oxygen atoms in total. The van der Waals surface area contributed by atoms with Crippen molar-refractivity contribution in [3.63, 3.8) is 0 Å². The first kappa shape index (κ1) is 28.2. The van der Waals surface area contributed by atoms with E-state index >= 15 is 0 Å². The van der Waals surface area contributed by atoms with Gasteiger partial charge in [0.15, 0.2) is 11.5 Å². The Labute approximate surface area is 241 Å². The van der Waals surface area contributed by atoms with Crippen LogP contribution in [0.4, 0.5) is 0 Å². The first-order valence-electron chi connectivity index (χ1n) is 14.3. The van der Waals surface area contributed by atoms with Gasteiger partial charge in [-0.25, -0.2) is 4.98 Å². The van der Waals surface area contributed by atoms with E-state index in [9.17, 15) is 9.59 Å². The normalized spacial score (nSPS) is 13.6. The van der Waals surface area contributed by atoms with E-state index in [1.165, 1.54) is 6.42 Å². The number of benzene rings is 3. The quantitative estimate of drug-likeness (QED) is 0.269. The maximum absolute atomic E-state index is 14.0. The number of fused-ring (bicyclic) bond motifs is 1. The minimum Gasteiger partial charge on any atom is -0.493 e. The Hall–Kier alpha value is -4.33. The number of hydrogen-bond donors (Lipinski definition) is 1. The molecule has 1 aliphatic carbocycles. The summed E-state index contributed by atoms with van der Waals surface area (Å²) >= 11 is 0. The third-order valence-electron chi connectivity index (χ3n) is 7.84. The van der Waals surface area contributed by atoms with Crippen molar-refractivity contribution in [3.05, 3.63) is 89.7 Å². The molecule has 1 aliphatic rings. The Morgan fingerprint density at radius 2 is 1.66 bits per heavy atom. The van der Waals surface area contributed by atoms with Crippen LogP contribution in [0.3, 0.4) is 0 Å². The van der Waals surface area contributed by atoms with Gasteiger partial charge < -0.3 is 24.3 Å². The largest absolute Gasteiger partial charge is 0.493 e. The van der Waals surface area contributed by atoms with Gasteiger partial charge in [0.25, 0.3) is 5.91 Å². The fourth-order valence-corrected chi connectivity index (χ4v) is 5.68. The number of methoxy groups -OCH3 is 2. The number of ether oxygens (including phenoxy) is 2. The number of aromatic nitrogens is 2. The number of carbonyl (C=O) groups is 2. The van der Waals surface area contributed by atoms with Gasteiger partial charge >= 0.3 is 0 Å². The maximum atomic E-state index is 14.0. The maximum Gasteiger partial charge on any atom is 0.251 e. The van der Waals surface area contributed by atoms with Gasteiger partial charge in [0.05, 0.1) is 25.3 Å². The van der Waals surface area contributed by atoms with Crippen LogP contribution in [0.1, 0.15) is 53.8 Å². The van der Waals surface area contributed by atoms with Crippen LogP contribution in [0.5, 0.6) is 11.5 Å². The molecule has 0 spiro atoms. The van der Waals surface area contributed by atoms with Crippen molar-refractivity contribution in [2.75, 3.05) is 20.8 Å². The van der Waals surface area contributed by atoms with Gasteiger partial charge in [0.1, 0.15) is 12.4 Å². The lowest BCUT2D eigenvalue weighted by Gasteiger charge is -2.35. The summed E-state index contributed by atoms with van der Waals surface area (Å²) in [7, 11) is 3.10. The Kier molecular flexibility index (Phi) is 9.19. The second-order valence-corrected chi connectivity index (χ2v) is 10.5. The number of nitrogens with zero attached hydrogens (tertiary/aromatic N) is 3. The predicted octanol–water partition coefficient (Wildman–Crippen LogP) is 5.39. The Balaban J connectivity index is 1.33. The van der Waals surface area contributed by atoms with Gasteiger partial charge in [-0.1, -0.05) is 61.7 Å². The monoisotopic (exact) mass is 554 g/mol. The second kappa shape index (κ2) is 13.4. The molecule has 0 radical (unpaired) electrons. The highest BCUT2D eigenvalue weighted by Crippen LogP contribution is 2.28. The SMILES string of the molecule is COc1ccc(C(=O)NCCc2nc3ccccc3n2CC(=O)N(Cc2ccccc2)C2CCCCC2)cc1OC. The van der Waals surface area contributed by atoms with Crippen LogP contribution < -0.4 is 14.8 Å². The van der Waals surface area contributed by atoms with Crippen LogP contribution in [0.2, 0.25) is 0 Å². The first-order chi connectivity index (χ1) is 20.1. The number of nitrogens with one attached hydrogen (secondary N) is 1. The predicted molar refractivity (Wildman–Crippen MR) is 159 cm³/mol. The van der Waals surface area contributed by atoms with Crippen LogP contribution in [0.25, 0.3) is 11.0 Å². The minimum absolute atomic E-state index is 0.0968. The molecule has 3 aromatic carbocycles. The highest BCUT2D eigenvalue weighted by atomic mass is 16.5. The van der Waals surface area contributed by atoms with Crippen molar-refractivity contribution in [3.8, 4) is 11.5 Å². The number of amides is 2. The lowest BCUT2D eigenvalue weighted by atomic mass is 9.93. The fraction of sp³-hybridized carbons (Fsp3) is 0.364. The number of hydrogen-bond acceptors (Lipinski definition) is 5. The highest BCUT2D eigenvalue weighted by Gasteiger charge is 2.27. The molecule has 1 heterocycles. The average Bonchev–Trinajstić information content (AvgIpc) is 3.37. The summed E-state index contributed by atoms with van der Waals surface area (Å²) in [5.41, 5.74) is 3.38. The molecule has 0 bridgehead atoms. The zero-order chi connectivity index (χ0) is 28.6. The van der Waals surface area contributed by atoms with E-state index in [-0.39, 0.29) is 24.4 Å². The number of rotatable bonds is 11. The zero-order valence-electron chi connectivity index (χ0n) is 23.8. The van der Waals surface area contributed by atoms with E-state index in [1.807, 2.05) is 47.0 Å². The standard InChI is InChI=1S/C33H38N4O4/c1-40-29-18-17-25(21-30(29)41-2)33(39)34-20-19-31-35-27-15-9-10-16-28(27)37(31)23-32(38)36(26-13-7-4-8-14-26)22-24-11-5-3-6-12-24/h3,5-6,9-12,15-18,21,26H,4,7-8,13-14,19-20,22-23H2,1-2H3,(H,34,39). The van der Waals surface area contributed by atoms with Crippen LogP contribution in [-0.4, -0.2) is 53.1 Å². The summed E-state index contributed by atoms with van der Waals surface area (Å²) in [6, 6.07) is 23.4. The summed E-state index contributed by atoms with van der Waals surface area (Å²) in [6.45, 7) is 1.19. The van der Waals surface area contributed by atoms with E-state index < -0.39 is 0 Å². The summed E-state index contributed by atoms with van der Waals surface area (Å²) in [5, 5.41) is 2.98. The van der Waals surface area contributed by atoms with Crippen molar-refractivity contribution in [2.45, 2.75) is 57.7 Å². The van der Waals surface area contributed by atoms with Crippen LogP contribution in [-0.2, 0) is 24.3 Å². The van der Waals surface area contributed by atoms with Gasteiger partial charge in [0, 0.05) is 31.1 Å². The third kappa shape index (κ3) is 6.70. The molecule has 1 saturated carbocycles. The highest BCUT2D eigenvalue weighted by molar-refractivity contribution is 5.94. The van der Waals surface area contributed by atoms with Crippen molar-refractivity contribution >= 4 is 22.8 Å². The lowest BCUT2D eigenvalue weighted by Crippen LogP contribution is -2.42. The van der Waals surface area contributed by atoms with Crippen molar-refractivity contribution in [1.29, 1.82) is 0 Å². The molecule has 214 valence electrons. The molecule has 1 aromatic heterocycles. The van der Waals surface area contributed by atoms with Crippen LogP contribution >= 0.6 is 0 Å². The van der Waals surface area contributed by atoms with Crippen molar-refractivity contribution in [2.24, 2.45) is 0 Å². The molecule has 4 aromatic rings. The van der Waals surface area contributed by atoms with Gasteiger partial charge in [0.2, 0.25) is 5.91 Å². The summed E-state index contributed by atoms with van der Waals surface area (Å²) < 4.78 is 12.6. The third-order valence-corrected chi connectivity index (χ3v) is 7.84. The number of para-hydroxylation sites is 2. The van der Waals surface area contributed by atoms with Gasteiger partial charge in [-0.05, 0) is 48.7 Å². The molecule has 2 amide bonds. The van der Waals surface area contributed by atoms with Crippen LogP contribution in [0, 0.1) is 0 Å². The molecule has 5 rings (SSSR count). The number of imidazole rings is 1. The molecular formula is C33H38N4O4. The van der Waals surface area contributed by atoms with Crippen LogP contribution in [0.15, 0.2) is 72.8 Å². The van der Waals surface area contributed by atoms with E-state index in [2.05, 4.69) is 22.3 Å². The topological polar surface area (TPSA) is 85.7 Å². The van der Waals surface area contributed by atoms with Gasteiger partial charge in [-0.2, -0.15) is 0 Å².